The van der Waals surface area contributed by atoms with E-state index in [9.17, 15) is 18.0 Å². The van der Waals surface area contributed by atoms with Crippen molar-refractivity contribution in [1.82, 2.24) is 10.6 Å². The summed E-state index contributed by atoms with van der Waals surface area (Å²) in [6, 6.07) is 4.94. The SMILES string of the molecule is CCC(C(=O)NCCNCCOC)c1cccc(C(F)(F)F)c1. The smallest absolute Gasteiger partial charge is 0.383 e. The Morgan fingerprint density at radius 3 is 2.61 bits per heavy atom. The molecule has 4 nitrogen and oxygen atoms in total. The number of benzene rings is 1. The summed E-state index contributed by atoms with van der Waals surface area (Å²) in [7, 11) is 1.60. The Hall–Kier alpha value is -1.60. The van der Waals surface area contributed by atoms with Crippen molar-refractivity contribution in [1.29, 1.82) is 0 Å². The fourth-order valence-corrected chi connectivity index (χ4v) is 2.20. The van der Waals surface area contributed by atoms with Crippen LogP contribution in [0.1, 0.15) is 30.4 Å². The van der Waals surface area contributed by atoms with Crippen LogP contribution in [-0.4, -0.2) is 39.3 Å². The van der Waals surface area contributed by atoms with Crippen molar-refractivity contribution in [2.75, 3.05) is 33.4 Å². The number of rotatable bonds is 9. The van der Waals surface area contributed by atoms with E-state index in [1.807, 2.05) is 0 Å². The van der Waals surface area contributed by atoms with Crippen molar-refractivity contribution in [2.45, 2.75) is 25.4 Å². The standard InChI is InChI=1S/C16H23F3N2O2/c1-3-14(15(22)21-8-7-20-9-10-23-2)12-5-4-6-13(11-12)16(17,18)19/h4-6,11,14,20H,3,7-10H2,1-2H3,(H,21,22). The number of halogens is 3. The molecule has 0 radical (unpaired) electrons. The molecule has 0 aromatic heterocycles. The molecule has 0 heterocycles. The molecule has 0 fully saturated rings. The minimum atomic E-state index is -4.41. The van der Waals surface area contributed by atoms with Crippen LogP contribution in [-0.2, 0) is 15.7 Å². The van der Waals surface area contributed by atoms with Crippen LogP contribution in [0.3, 0.4) is 0 Å². The van der Waals surface area contributed by atoms with Gasteiger partial charge in [-0.15, -0.1) is 0 Å². The van der Waals surface area contributed by atoms with Crippen LogP contribution < -0.4 is 10.6 Å². The van der Waals surface area contributed by atoms with Crippen molar-refractivity contribution in [2.24, 2.45) is 0 Å². The van der Waals surface area contributed by atoms with E-state index in [1.54, 1.807) is 20.1 Å². The van der Waals surface area contributed by atoms with E-state index in [-0.39, 0.29) is 5.91 Å². The Labute approximate surface area is 134 Å². The lowest BCUT2D eigenvalue weighted by Crippen LogP contribution is -2.35. The van der Waals surface area contributed by atoms with E-state index in [0.717, 1.165) is 12.1 Å². The molecule has 0 bridgehead atoms. The lowest BCUT2D eigenvalue weighted by molar-refractivity contribution is -0.137. The van der Waals surface area contributed by atoms with Crippen LogP contribution in [0.15, 0.2) is 24.3 Å². The highest BCUT2D eigenvalue weighted by atomic mass is 19.4. The van der Waals surface area contributed by atoms with Gasteiger partial charge in [-0.25, -0.2) is 0 Å². The molecule has 0 aliphatic heterocycles. The second kappa shape index (κ2) is 9.52. The van der Waals surface area contributed by atoms with Gasteiger partial charge in [0.2, 0.25) is 5.91 Å². The molecule has 0 spiro atoms. The molecule has 23 heavy (non-hydrogen) atoms. The number of alkyl halides is 3. The van der Waals surface area contributed by atoms with Gasteiger partial charge in [0.05, 0.1) is 18.1 Å². The molecule has 2 N–H and O–H groups in total. The van der Waals surface area contributed by atoms with Crippen molar-refractivity contribution in [3.8, 4) is 0 Å². The van der Waals surface area contributed by atoms with Gasteiger partial charge in [-0.2, -0.15) is 13.2 Å². The molecule has 0 saturated carbocycles. The molecular weight excluding hydrogens is 309 g/mol. The summed E-state index contributed by atoms with van der Waals surface area (Å²) in [4.78, 5) is 12.2. The highest BCUT2D eigenvalue weighted by molar-refractivity contribution is 5.83. The Kier molecular flexibility index (Phi) is 8.05. The van der Waals surface area contributed by atoms with Crippen molar-refractivity contribution in [3.05, 3.63) is 35.4 Å². The third-order valence-electron chi connectivity index (χ3n) is 3.43. The molecule has 0 saturated heterocycles. The fraction of sp³-hybridized carbons (Fsp3) is 0.562. The maximum atomic E-state index is 12.8. The van der Waals surface area contributed by atoms with Crippen LogP contribution in [0.25, 0.3) is 0 Å². The highest BCUT2D eigenvalue weighted by Gasteiger charge is 2.31. The van der Waals surface area contributed by atoms with E-state index in [4.69, 9.17) is 4.74 Å². The highest BCUT2D eigenvalue weighted by Crippen LogP contribution is 2.31. The summed E-state index contributed by atoms with van der Waals surface area (Å²) < 4.78 is 43.2. The number of hydrogen-bond donors (Lipinski definition) is 2. The molecule has 1 unspecified atom stereocenters. The van der Waals surface area contributed by atoms with Gasteiger partial charge in [0.15, 0.2) is 0 Å². The first kappa shape index (κ1) is 19.4. The summed E-state index contributed by atoms with van der Waals surface area (Å²) in [5.74, 6) is -0.850. The zero-order valence-corrected chi connectivity index (χ0v) is 13.4. The average Bonchev–Trinajstić information content (AvgIpc) is 2.51. The maximum absolute atomic E-state index is 12.8. The van der Waals surface area contributed by atoms with Crippen LogP contribution in [0.5, 0.6) is 0 Å². The van der Waals surface area contributed by atoms with Crippen LogP contribution >= 0.6 is 0 Å². The van der Waals surface area contributed by atoms with Gasteiger partial charge in [0.25, 0.3) is 0 Å². The van der Waals surface area contributed by atoms with E-state index < -0.39 is 17.7 Å². The van der Waals surface area contributed by atoms with Crippen molar-refractivity contribution in [3.63, 3.8) is 0 Å². The number of nitrogens with one attached hydrogen (secondary N) is 2. The van der Waals surface area contributed by atoms with Crippen molar-refractivity contribution < 1.29 is 22.7 Å². The predicted octanol–water partition coefficient (Wildman–Crippen LogP) is 2.55. The molecule has 0 aliphatic carbocycles. The minimum Gasteiger partial charge on any atom is -0.383 e. The Balaban J connectivity index is 2.60. The Morgan fingerprint density at radius 2 is 2.00 bits per heavy atom. The third-order valence-corrected chi connectivity index (χ3v) is 3.43. The van der Waals surface area contributed by atoms with Gasteiger partial charge in [-0.3, -0.25) is 4.79 Å². The molecule has 1 atom stereocenters. The van der Waals surface area contributed by atoms with Crippen molar-refractivity contribution >= 4 is 5.91 Å². The van der Waals surface area contributed by atoms with E-state index in [2.05, 4.69) is 10.6 Å². The molecular formula is C16H23F3N2O2. The second-order valence-corrected chi connectivity index (χ2v) is 5.12. The fourth-order valence-electron chi connectivity index (χ4n) is 2.20. The van der Waals surface area contributed by atoms with Crippen LogP contribution in [0.4, 0.5) is 13.2 Å². The lowest BCUT2D eigenvalue weighted by atomic mass is 9.94. The summed E-state index contributed by atoms with van der Waals surface area (Å²) in [6.45, 7) is 4.03. The summed E-state index contributed by atoms with van der Waals surface area (Å²) in [5, 5.41) is 5.82. The van der Waals surface area contributed by atoms with E-state index in [1.165, 1.54) is 6.07 Å². The topological polar surface area (TPSA) is 50.4 Å². The predicted molar refractivity (Wildman–Crippen MR) is 82.2 cm³/mol. The monoisotopic (exact) mass is 332 g/mol. The molecule has 1 aromatic carbocycles. The number of ether oxygens (including phenoxy) is 1. The van der Waals surface area contributed by atoms with E-state index >= 15 is 0 Å². The Bertz CT molecular complexity index is 492. The van der Waals surface area contributed by atoms with Gasteiger partial charge in [0, 0.05) is 26.7 Å². The molecule has 1 amide bonds. The molecule has 1 aromatic rings. The summed E-state index contributed by atoms with van der Waals surface area (Å²) in [5.41, 5.74) is -0.352. The van der Waals surface area contributed by atoms with E-state index in [0.29, 0.717) is 38.2 Å². The molecule has 7 heteroatoms. The minimum absolute atomic E-state index is 0.264. The first-order chi connectivity index (χ1) is 10.9. The average molecular weight is 332 g/mol. The third kappa shape index (κ3) is 6.58. The van der Waals surface area contributed by atoms with Gasteiger partial charge >= 0.3 is 6.18 Å². The largest absolute Gasteiger partial charge is 0.416 e. The second-order valence-electron chi connectivity index (χ2n) is 5.12. The van der Waals surface area contributed by atoms with Gasteiger partial charge in [-0.1, -0.05) is 25.1 Å². The lowest BCUT2D eigenvalue weighted by Gasteiger charge is -2.17. The number of carbonyl (C=O) groups is 1. The van der Waals surface area contributed by atoms with Crippen LogP contribution in [0, 0.1) is 0 Å². The maximum Gasteiger partial charge on any atom is 0.416 e. The van der Waals surface area contributed by atoms with Gasteiger partial charge < -0.3 is 15.4 Å². The zero-order chi connectivity index (χ0) is 17.3. The van der Waals surface area contributed by atoms with Crippen LogP contribution in [0.2, 0.25) is 0 Å². The summed E-state index contributed by atoms with van der Waals surface area (Å²) >= 11 is 0. The molecule has 1 rings (SSSR count). The first-order valence-electron chi connectivity index (χ1n) is 7.54. The quantitative estimate of drug-likeness (QED) is 0.683. The molecule has 0 aliphatic rings. The van der Waals surface area contributed by atoms with Gasteiger partial charge in [0.1, 0.15) is 0 Å². The number of hydrogen-bond acceptors (Lipinski definition) is 3. The van der Waals surface area contributed by atoms with Gasteiger partial charge in [-0.05, 0) is 18.1 Å². The number of methoxy groups -OCH3 is 1. The number of carbonyl (C=O) groups excluding carboxylic acids is 1. The normalized spacial score (nSPS) is 12.9. The summed E-state index contributed by atoms with van der Waals surface area (Å²) in [6.07, 6.45) is -3.97. The number of amides is 1. The molecule has 130 valence electrons. The Morgan fingerprint density at radius 1 is 1.26 bits per heavy atom. The zero-order valence-electron chi connectivity index (χ0n) is 13.4. The first-order valence-corrected chi connectivity index (χ1v) is 7.54.